The molecule has 30 heavy (non-hydrogen) atoms. The van der Waals surface area contributed by atoms with Crippen LogP contribution in [0, 0.1) is 0 Å². The Kier molecular flexibility index (Phi) is 7.32. The van der Waals surface area contributed by atoms with Gasteiger partial charge in [-0.1, -0.05) is 6.07 Å². The van der Waals surface area contributed by atoms with Gasteiger partial charge in [-0.25, -0.2) is 9.78 Å². The first-order valence-corrected chi connectivity index (χ1v) is 11.0. The molecule has 4 heterocycles. The van der Waals surface area contributed by atoms with Crippen molar-refractivity contribution in [3.8, 4) is 0 Å². The van der Waals surface area contributed by atoms with Crippen molar-refractivity contribution in [3.63, 3.8) is 0 Å². The van der Waals surface area contributed by atoms with Crippen molar-refractivity contribution in [3.05, 3.63) is 33.5 Å². The minimum absolute atomic E-state index is 0.0778. The number of carboxylic acid groups (broad SMARTS) is 1. The number of alkyl halides is 3. The van der Waals surface area contributed by atoms with E-state index in [1.807, 2.05) is 22.4 Å². The fourth-order valence-electron chi connectivity index (χ4n) is 3.12. The second-order valence-corrected chi connectivity index (χ2v) is 8.40. The number of aliphatic carboxylic acids is 1. The highest BCUT2D eigenvalue weighted by Gasteiger charge is 2.38. The molecule has 1 unspecified atom stereocenters. The number of hydrogen-bond acceptors (Lipinski definition) is 7. The van der Waals surface area contributed by atoms with Crippen LogP contribution in [0.15, 0.2) is 22.9 Å². The summed E-state index contributed by atoms with van der Waals surface area (Å²) in [7, 11) is 0. The molecule has 0 spiro atoms. The maximum absolute atomic E-state index is 12.8. The summed E-state index contributed by atoms with van der Waals surface area (Å²) >= 11 is 3.17. The van der Waals surface area contributed by atoms with Gasteiger partial charge in [0.05, 0.1) is 29.8 Å². The van der Waals surface area contributed by atoms with E-state index in [2.05, 4.69) is 10.3 Å². The molecule has 1 amide bonds. The number of rotatable bonds is 3. The Hall–Kier alpha value is -2.18. The number of carbonyl (C=O) groups is 2. The van der Waals surface area contributed by atoms with Gasteiger partial charge in [-0.2, -0.15) is 13.2 Å². The second-order valence-electron chi connectivity index (χ2n) is 6.62. The molecular formula is C18H20F3N3O4S2. The fraction of sp³-hybridized carbons (Fsp3) is 0.500. The largest absolute Gasteiger partial charge is 0.490 e. The van der Waals surface area contributed by atoms with Crippen LogP contribution in [0.25, 0.3) is 0 Å². The van der Waals surface area contributed by atoms with Crippen LogP contribution >= 0.6 is 22.7 Å². The van der Waals surface area contributed by atoms with Crippen LogP contribution in [0.1, 0.15) is 34.2 Å². The summed E-state index contributed by atoms with van der Waals surface area (Å²) in [6.45, 7) is 3.92. The van der Waals surface area contributed by atoms with Gasteiger partial charge in [0.1, 0.15) is 0 Å². The van der Waals surface area contributed by atoms with Gasteiger partial charge >= 0.3 is 12.1 Å². The molecule has 2 saturated heterocycles. The number of aromatic nitrogens is 1. The summed E-state index contributed by atoms with van der Waals surface area (Å²) in [5.74, 6) is -2.67. The first-order valence-electron chi connectivity index (χ1n) is 9.20. The first-order chi connectivity index (χ1) is 14.3. The lowest BCUT2D eigenvalue weighted by atomic mass is 10.1. The Morgan fingerprint density at radius 3 is 2.50 bits per heavy atom. The zero-order valence-corrected chi connectivity index (χ0v) is 17.4. The number of ether oxygens (including phenoxy) is 1. The molecule has 0 bridgehead atoms. The summed E-state index contributed by atoms with van der Waals surface area (Å²) in [6, 6.07) is 3.73. The van der Waals surface area contributed by atoms with Crippen molar-refractivity contribution in [2.75, 3.05) is 37.7 Å². The van der Waals surface area contributed by atoms with Gasteiger partial charge in [-0.15, -0.1) is 22.7 Å². The highest BCUT2D eigenvalue weighted by molar-refractivity contribution is 7.13. The number of carboxylic acids is 1. The van der Waals surface area contributed by atoms with Crippen molar-refractivity contribution in [2.45, 2.75) is 25.1 Å². The average Bonchev–Trinajstić information content (AvgIpc) is 3.49. The summed E-state index contributed by atoms with van der Waals surface area (Å²) in [5, 5.41) is 12.2. The Bertz CT molecular complexity index is 851. The molecule has 0 aromatic carbocycles. The normalized spacial score (nSPS) is 19.4. The summed E-state index contributed by atoms with van der Waals surface area (Å²) in [6.07, 6.45) is -2.60. The number of amides is 1. The van der Waals surface area contributed by atoms with Crippen molar-refractivity contribution < 1.29 is 32.6 Å². The Morgan fingerprint density at radius 1 is 1.20 bits per heavy atom. The third kappa shape index (κ3) is 5.49. The van der Waals surface area contributed by atoms with Gasteiger partial charge in [0.2, 0.25) is 0 Å². The molecule has 1 atom stereocenters. The number of carbonyl (C=O) groups excluding carboxylic acids is 1. The lowest BCUT2D eigenvalue weighted by Gasteiger charge is -2.34. The molecular weight excluding hydrogens is 443 g/mol. The van der Waals surface area contributed by atoms with Crippen LogP contribution in [0.5, 0.6) is 0 Å². The van der Waals surface area contributed by atoms with Crippen molar-refractivity contribution in [1.29, 1.82) is 0 Å². The van der Waals surface area contributed by atoms with Crippen LogP contribution in [0.3, 0.4) is 0 Å². The quantitative estimate of drug-likeness (QED) is 0.748. The van der Waals surface area contributed by atoms with Gasteiger partial charge in [-0.05, 0) is 24.3 Å². The van der Waals surface area contributed by atoms with Crippen LogP contribution < -0.4 is 4.90 Å². The molecule has 12 heteroatoms. The van der Waals surface area contributed by atoms with Crippen LogP contribution in [-0.2, 0) is 9.53 Å². The van der Waals surface area contributed by atoms with E-state index in [0.717, 1.165) is 28.8 Å². The molecule has 1 N–H and O–H groups in total. The van der Waals surface area contributed by atoms with Gasteiger partial charge in [-0.3, -0.25) is 4.79 Å². The number of thiophene rings is 1. The third-order valence-electron chi connectivity index (χ3n) is 4.59. The van der Waals surface area contributed by atoms with Crippen LogP contribution in [0.2, 0.25) is 0 Å². The van der Waals surface area contributed by atoms with E-state index >= 15 is 0 Å². The predicted octanol–water partition coefficient (Wildman–Crippen LogP) is 3.65. The zero-order chi connectivity index (χ0) is 21.7. The van der Waals surface area contributed by atoms with E-state index in [0.29, 0.717) is 19.8 Å². The van der Waals surface area contributed by atoms with Crippen LogP contribution in [0.4, 0.5) is 18.3 Å². The fourth-order valence-corrected chi connectivity index (χ4v) is 4.72. The maximum Gasteiger partial charge on any atom is 0.490 e. The van der Waals surface area contributed by atoms with Crippen molar-refractivity contribution >= 4 is 39.7 Å². The van der Waals surface area contributed by atoms with E-state index in [-0.39, 0.29) is 11.9 Å². The predicted molar refractivity (Wildman–Crippen MR) is 106 cm³/mol. The monoisotopic (exact) mass is 463 g/mol. The highest BCUT2D eigenvalue weighted by Crippen LogP contribution is 2.32. The number of thiazole rings is 1. The van der Waals surface area contributed by atoms with Gasteiger partial charge in [0.25, 0.3) is 5.91 Å². The van der Waals surface area contributed by atoms with Gasteiger partial charge < -0.3 is 19.6 Å². The third-order valence-corrected chi connectivity index (χ3v) is 6.37. The zero-order valence-electron chi connectivity index (χ0n) is 15.8. The Morgan fingerprint density at radius 2 is 1.90 bits per heavy atom. The van der Waals surface area contributed by atoms with E-state index in [4.69, 9.17) is 19.6 Å². The Balaban J connectivity index is 0.000000318. The molecule has 2 aromatic heterocycles. The molecule has 4 rings (SSSR count). The second kappa shape index (κ2) is 9.75. The maximum atomic E-state index is 12.8. The van der Waals surface area contributed by atoms with E-state index < -0.39 is 12.1 Å². The number of anilines is 1. The lowest BCUT2D eigenvalue weighted by Crippen LogP contribution is -2.43. The molecule has 164 valence electrons. The van der Waals surface area contributed by atoms with Crippen LogP contribution in [-0.4, -0.2) is 65.9 Å². The topological polar surface area (TPSA) is 83.0 Å². The molecule has 2 aliphatic rings. The number of nitrogens with zero attached hydrogens (tertiary/aromatic N) is 3. The number of morpholine rings is 1. The van der Waals surface area contributed by atoms with Crippen molar-refractivity contribution in [2.24, 2.45) is 0 Å². The SMILES string of the molecule is O=C(O)C(F)(F)F.O=C(c1cccs1)N1CCOCC1c1csc(N2CCCC2)n1. The van der Waals surface area contributed by atoms with Crippen molar-refractivity contribution in [1.82, 2.24) is 9.88 Å². The number of hydrogen-bond donors (Lipinski definition) is 1. The van der Waals surface area contributed by atoms with E-state index in [9.17, 15) is 18.0 Å². The smallest absolute Gasteiger partial charge is 0.475 e. The number of halogens is 3. The molecule has 2 aliphatic heterocycles. The lowest BCUT2D eigenvalue weighted by molar-refractivity contribution is -0.192. The van der Waals surface area contributed by atoms with Gasteiger partial charge in [0.15, 0.2) is 5.13 Å². The Labute approximate surface area is 178 Å². The summed E-state index contributed by atoms with van der Waals surface area (Å²) in [5.41, 5.74) is 0.960. The van der Waals surface area contributed by atoms with E-state index in [1.54, 1.807) is 11.3 Å². The molecule has 2 fully saturated rings. The molecule has 7 nitrogen and oxygen atoms in total. The molecule has 0 saturated carbocycles. The summed E-state index contributed by atoms with van der Waals surface area (Å²) in [4.78, 5) is 31.5. The molecule has 2 aromatic rings. The average molecular weight is 464 g/mol. The minimum Gasteiger partial charge on any atom is -0.475 e. The summed E-state index contributed by atoms with van der Waals surface area (Å²) < 4.78 is 37.4. The minimum atomic E-state index is -5.08. The molecule has 0 radical (unpaired) electrons. The molecule has 0 aliphatic carbocycles. The van der Waals surface area contributed by atoms with E-state index in [1.165, 1.54) is 24.2 Å². The van der Waals surface area contributed by atoms with Gasteiger partial charge in [0, 0.05) is 25.0 Å². The highest BCUT2D eigenvalue weighted by atomic mass is 32.1. The first kappa shape index (κ1) is 22.5. The standard InChI is InChI=1S/C16H19N3O2S2.C2HF3O2/c20-15(14-4-3-9-22-14)19-7-8-21-10-13(19)12-11-23-16(17-12)18-5-1-2-6-18;3-2(4,5)1(6)7/h3-4,9,11,13H,1-2,5-8,10H2;(H,6,7).